The van der Waals surface area contributed by atoms with Gasteiger partial charge >= 0.3 is 6.11 Å². The largest absolute Gasteiger partial charge is 0.378 e. The number of hydrogen-bond acceptors (Lipinski definition) is 2. The van der Waals surface area contributed by atoms with Crippen LogP contribution in [0.4, 0.5) is 17.6 Å². The number of alkyl halides is 4. The van der Waals surface area contributed by atoms with Crippen LogP contribution in [0.3, 0.4) is 0 Å². The highest BCUT2D eigenvalue weighted by Gasteiger charge is 2.46. The van der Waals surface area contributed by atoms with Crippen LogP contribution < -0.4 is 0 Å². The van der Waals surface area contributed by atoms with Crippen molar-refractivity contribution in [2.24, 2.45) is 17.8 Å². The topological polar surface area (TPSA) is 18.5 Å². The third kappa shape index (κ3) is 4.88. The molecule has 0 radical (unpaired) electrons. The average Bonchev–Trinajstić information content (AvgIpc) is 2.59. The number of ether oxygens (including phenoxy) is 2. The van der Waals surface area contributed by atoms with Gasteiger partial charge in [0.05, 0.1) is 18.1 Å². The first-order chi connectivity index (χ1) is 11.8. The molecule has 5 atom stereocenters. The Labute approximate surface area is 147 Å². The summed E-state index contributed by atoms with van der Waals surface area (Å²) < 4.78 is 66.4. The van der Waals surface area contributed by atoms with E-state index in [0.717, 1.165) is 32.3 Å². The van der Waals surface area contributed by atoms with Gasteiger partial charge in [-0.3, -0.25) is 0 Å². The first-order valence-corrected chi connectivity index (χ1v) is 9.80. The molecule has 2 saturated carbocycles. The summed E-state index contributed by atoms with van der Waals surface area (Å²) in [7, 11) is 0. The van der Waals surface area contributed by atoms with Crippen LogP contribution in [0, 0.1) is 17.8 Å². The molecule has 25 heavy (non-hydrogen) atoms. The van der Waals surface area contributed by atoms with E-state index >= 15 is 0 Å². The van der Waals surface area contributed by atoms with Crippen molar-refractivity contribution >= 4 is 0 Å². The maximum atomic E-state index is 14.5. The van der Waals surface area contributed by atoms with E-state index in [2.05, 4.69) is 6.92 Å². The van der Waals surface area contributed by atoms with E-state index < -0.39 is 30.5 Å². The van der Waals surface area contributed by atoms with Crippen LogP contribution in [0.2, 0.25) is 0 Å². The molecule has 0 aromatic rings. The zero-order valence-corrected chi connectivity index (χ0v) is 14.9. The van der Waals surface area contributed by atoms with Gasteiger partial charge in [0.15, 0.2) is 0 Å². The predicted octanol–water partition coefficient (Wildman–Crippen LogP) is 5.45. The quantitative estimate of drug-likeness (QED) is 0.616. The Hall–Kier alpha value is -0.360. The maximum Gasteiger partial charge on any atom is 0.358 e. The molecule has 0 aromatic heterocycles. The lowest BCUT2D eigenvalue weighted by atomic mass is 9.77. The fraction of sp³-hybridized carbons (Fsp3) is 1.00. The van der Waals surface area contributed by atoms with Gasteiger partial charge in [-0.15, -0.1) is 0 Å². The molecule has 1 saturated heterocycles. The molecule has 6 heteroatoms. The zero-order chi connectivity index (χ0) is 18.0. The van der Waals surface area contributed by atoms with Crippen LogP contribution in [-0.2, 0) is 9.47 Å². The smallest absolute Gasteiger partial charge is 0.358 e. The molecule has 2 nitrogen and oxygen atoms in total. The van der Waals surface area contributed by atoms with Crippen molar-refractivity contribution in [3.63, 3.8) is 0 Å². The van der Waals surface area contributed by atoms with Gasteiger partial charge in [0, 0.05) is 13.0 Å². The number of hydrogen-bond donors (Lipinski definition) is 0. The monoisotopic (exact) mass is 366 g/mol. The van der Waals surface area contributed by atoms with Crippen LogP contribution in [-0.4, -0.2) is 37.3 Å². The Kier molecular flexibility index (Phi) is 6.30. The van der Waals surface area contributed by atoms with E-state index in [9.17, 15) is 17.6 Å². The molecule has 0 aromatic carbocycles. The maximum absolute atomic E-state index is 14.5. The first-order valence-electron chi connectivity index (χ1n) is 9.80. The predicted molar refractivity (Wildman–Crippen MR) is 87.0 cm³/mol. The van der Waals surface area contributed by atoms with Crippen LogP contribution in [0.25, 0.3) is 0 Å². The van der Waals surface area contributed by atoms with Crippen molar-refractivity contribution in [3.8, 4) is 0 Å². The molecule has 1 heterocycles. The van der Waals surface area contributed by atoms with Gasteiger partial charge in [-0.05, 0) is 63.2 Å². The van der Waals surface area contributed by atoms with E-state index in [1.165, 1.54) is 0 Å². The molecule has 0 N–H and O–H groups in total. The lowest BCUT2D eigenvalue weighted by Gasteiger charge is -2.40. The third-order valence-corrected chi connectivity index (χ3v) is 6.28. The van der Waals surface area contributed by atoms with Crippen molar-refractivity contribution < 1.29 is 27.0 Å². The number of halogens is 4. The van der Waals surface area contributed by atoms with Gasteiger partial charge < -0.3 is 9.47 Å². The molecule has 0 amide bonds. The Morgan fingerprint density at radius 1 is 0.880 bits per heavy atom. The van der Waals surface area contributed by atoms with Gasteiger partial charge in [0.25, 0.3) is 0 Å². The highest BCUT2D eigenvalue weighted by molar-refractivity contribution is 4.86. The second-order valence-electron chi connectivity index (χ2n) is 8.31. The molecule has 2 aliphatic carbocycles. The van der Waals surface area contributed by atoms with Gasteiger partial charge in [-0.25, -0.2) is 8.78 Å². The summed E-state index contributed by atoms with van der Waals surface area (Å²) in [6.07, 6.45) is -2.84. The standard InChI is InChI=1S/C19H30F4O2/c1-12-2-9-18(24-11-12)13-3-5-14(6-4-13)19(22,23)25-15-7-8-16(20)17(21)10-15/h12-18H,2-11H2,1H3. The lowest BCUT2D eigenvalue weighted by molar-refractivity contribution is -0.304. The fourth-order valence-corrected chi connectivity index (χ4v) is 4.57. The van der Waals surface area contributed by atoms with Gasteiger partial charge in [0.1, 0.15) is 12.3 Å². The molecule has 3 aliphatic rings. The van der Waals surface area contributed by atoms with Crippen LogP contribution >= 0.6 is 0 Å². The van der Waals surface area contributed by atoms with Gasteiger partial charge in [-0.1, -0.05) is 6.92 Å². The Morgan fingerprint density at radius 2 is 1.60 bits per heavy atom. The van der Waals surface area contributed by atoms with Crippen molar-refractivity contribution in [1.29, 1.82) is 0 Å². The third-order valence-electron chi connectivity index (χ3n) is 6.28. The molecule has 0 spiro atoms. The second kappa shape index (κ2) is 8.12. The molecular weight excluding hydrogens is 336 g/mol. The summed E-state index contributed by atoms with van der Waals surface area (Å²) in [4.78, 5) is 0. The van der Waals surface area contributed by atoms with Crippen molar-refractivity contribution in [1.82, 2.24) is 0 Å². The minimum atomic E-state index is -3.25. The molecule has 146 valence electrons. The van der Waals surface area contributed by atoms with Gasteiger partial charge in [0.2, 0.25) is 0 Å². The summed E-state index contributed by atoms with van der Waals surface area (Å²) in [6, 6.07) is 0. The highest BCUT2D eigenvalue weighted by Crippen LogP contribution is 2.43. The lowest BCUT2D eigenvalue weighted by Crippen LogP contribution is -2.42. The van der Waals surface area contributed by atoms with Crippen LogP contribution in [0.15, 0.2) is 0 Å². The van der Waals surface area contributed by atoms with Crippen molar-refractivity contribution in [3.05, 3.63) is 0 Å². The minimum absolute atomic E-state index is 0.0356. The van der Waals surface area contributed by atoms with E-state index in [1.807, 2.05) is 0 Å². The summed E-state index contributed by atoms with van der Waals surface area (Å²) >= 11 is 0. The Morgan fingerprint density at radius 3 is 2.20 bits per heavy atom. The Bertz CT molecular complexity index is 418. The minimum Gasteiger partial charge on any atom is -0.378 e. The van der Waals surface area contributed by atoms with Crippen LogP contribution in [0.1, 0.15) is 64.7 Å². The normalized spacial score (nSPS) is 43.8. The fourth-order valence-electron chi connectivity index (χ4n) is 4.57. The molecule has 1 aliphatic heterocycles. The second-order valence-corrected chi connectivity index (χ2v) is 8.31. The number of rotatable bonds is 4. The molecule has 5 unspecified atom stereocenters. The summed E-state index contributed by atoms with van der Waals surface area (Å²) in [5.41, 5.74) is 0. The summed E-state index contributed by atoms with van der Waals surface area (Å²) in [5.74, 6) is 0.119. The van der Waals surface area contributed by atoms with Crippen molar-refractivity contribution in [2.45, 2.75) is 95.4 Å². The van der Waals surface area contributed by atoms with E-state index in [-0.39, 0.29) is 25.4 Å². The van der Waals surface area contributed by atoms with E-state index in [0.29, 0.717) is 24.7 Å². The summed E-state index contributed by atoms with van der Waals surface area (Å²) in [6.45, 7) is 2.94. The van der Waals surface area contributed by atoms with E-state index in [1.54, 1.807) is 0 Å². The zero-order valence-electron chi connectivity index (χ0n) is 14.9. The summed E-state index contributed by atoms with van der Waals surface area (Å²) in [5, 5.41) is 0. The Balaban J connectivity index is 1.46. The molecular formula is C19H30F4O2. The molecule has 3 rings (SSSR count). The van der Waals surface area contributed by atoms with Crippen molar-refractivity contribution in [2.75, 3.05) is 6.61 Å². The average molecular weight is 366 g/mol. The molecule has 3 fully saturated rings. The van der Waals surface area contributed by atoms with Crippen LogP contribution in [0.5, 0.6) is 0 Å². The van der Waals surface area contributed by atoms with Gasteiger partial charge in [-0.2, -0.15) is 8.78 Å². The SMILES string of the molecule is CC1CCC(C2CCC(C(F)(F)OC3CCC(F)C(F)C3)CC2)OC1. The first kappa shape index (κ1) is 19.4. The highest BCUT2D eigenvalue weighted by atomic mass is 19.3. The van der Waals surface area contributed by atoms with E-state index in [4.69, 9.17) is 9.47 Å². The molecule has 0 bridgehead atoms.